The fourth-order valence-corrected chi connectivity index (χ4v) is 2.81. The molecular formula is C18H16FN5O2. The van der Waals surface area contributed by atoms with E-state index in [2.05, 4.69) is 20.3 Å². The molecular weight excluding hydrogens is 337 g/mol. The lowest BCUT2D eigenvalue weighted by Crippen LogP contribution is -2.04. The fourth-order valence-electron chi connectivity index (χ4n) is 2.81. The van der Waals surface area contributed by atoms with Gasteiger partial charge in [0.2, 0.25) is 5.88 Å². The Morgan fingerprint density at radius 3 is 2.77 bits per heavy atom. The Bertz CT molecular complexity index is 1060. The maximum absolute atomic E-state index is 14.2. The van der Waals surface area contributed by atoms with Gasteiger partial charge in [0, 0.05) is 12.3 Å². The summed E-state index contributed by atoms with van der Waals surface area (Å²) in [6.07, 6.45) is 1.73. The number of ether oxygens (including phenoxy) is 1. The molecule has 1 aromatic carbocycles. The highest BCUT2D eigenvalue weighted by atomic mass is 19.1. The molecule has 3 aromatic heterocycles. The van der Waals surface area contributed by atoms with Crippen LogP contribution in [0.1, 0.15) is 18.2 Å². The summed E-state index contributed by atoms with van der Waals surface area (Å²) in [6.45, 7) is 4.67. The average molecular weight is 353 g/mol. The van der Waals surface area contributed by atoms with Crippen LogP contribution in [0.5, 0.6) is 5.88 Å². The number of para-hydroxylation sites is 1. The van der Waals surface area contributed by atoms with E-state index in [0.717, 1.165) is 5.56 Å². The van der Waals surface area contributed by atoms with Crippen LogP contribution >= 0.6 is 0 Å². The Hall–Kier alpha value is -3.29. The number of aryl methyl sites for hydroxylation is 1. The molecule has 0 aliphatic rings. The number of hydrogen-bond acceptors (Lipinski definition) is 6. The normalized spacial score (nSPS) is 11.2. The number of fused-ring (bicyclic) bond motifs is 1. The van der Waals surface area contributed by atoms with Crippen molar-refractivity contribution in [2.75, 3.05) is 6.61 Å². The van der Waals surface area contributed by atoms with E-state index in [-0.39, 0.29) is 11.3 Å². The quantitative estimate of drug-likeness (QED) is 0.547. The first-order valence-corrected chi connectivity index (χ1v) is 8.19. The number of hydrogen-bond donors (Lipinski definition) is 0. The molecule has 0 saturated carbocycles. The van der Waals surface area contributed by atoms with Crippen LogP contribution in [0.4, 0.5) is 4.39 Å². The van der Waals surface area contributed by atoms with E-state index in [4.69, 9.17) is 9.37 Å². The lowest BCUT2D eigenvalue weighted by atomic mass is 10.2. The summed E-state index contributed by atoms with van der Waals surface area (Å²) in [5, 5.41) is 7.73. The van der Waals surface area contributed by atoms with Crippen LogP contribution in [0, 0.1) is 12.7 Å². The largest absolute Gasteiger partial charge is 0.478 e. The first-order chi connectivity index (χ1) is 12.7. The molecule has 4 rings (SSSR count). The summed E-state index contributed by atoms with van der Waals surface area (Å²) in [5.41, 5.74) is 2.94. The van der Waals surface area contributed by atoms with Crippen molar-refractivity contribution in [1.29, 1.82) is 0 Å². The Labute approximate surface area is 148 Å². The predicted molar refractivity (Wildman–Crippen MR) is 92.2 cm³/mol. The maximum Gasteiger partial charge on any atom is 0.213 e. The third kappa shape index (κ3) is 2.79. The topological polar surface area (TPSA) is 78.9 Å². The minimum atomic E-state index is -0.388. The van der Waals surface area contributed by atoms with Gasteiger partial charge in [-0.3, -0.25) is 0 Å². The van der Waals surface area contributed by atoms with Gasteiger partial charge in [-0.1, -0.05) is 17.3 Å². The molecule has 0 fully saturated rings. The van der Waals surface area contributed by atoms with Gasteiger partial charge < -0.3 is 9.30 Å². The second kappa shape index (κ2) is 6.55. The maximum atomic E-state index is 14.2. The van der Waals surface area contributed by atoms with Crippen LogP contribution in [0.3, 0.4) is 0 Å². The van der Waals surface area contributed by atoms with Gasteiger partial charge in [-0.15, -0.1) is 0 Å². The molecule has 0 amide bonds. The molecule has 0 radical (unpaired) electrons. The molecule has 0 bridgehead atoms. The fraction of sp³-hybridized carbons (Fsp3) is 0.222. The highest BCUT2D eigenvalue weighted by Crippen LogP contribution is 2.27. The van der Waals surface area contributed by atoms with E-state index in [1.165, 1.54) is 6.07 Å². The molecule has 7 nitrogen and oxygen atoms in total. The van der Waals surface area contributed by atoms with Crippen LogP contribution in [0.25, 0.3) is 22.6 Å². The Kier molecular flexibility index (Phi) is 4.08. The highest BCUT2D eigenvalue weighted by molar-refractivity contribution is 5.81. The molecule has 0 N–H and O–H groups in total. The molecule has 0 unspecified atom stereocenters. The van der Waals surface area contributed by atoms with Crippen LogP contribution < -0.4 is 4.74 Å². The summed E-state index contributed by atoms with van der Waals surface area (Å²) in [7, 11) is 0. The molecule has 0 saturated heterocycles. The van der Waals surface area contributed by atoms with E-state index < -0.39 is 0 Å². The zero-order valence-electron chi connectivity index (χ0n) is 14.3. The third-order valence-electron chi connectivity index (χ3n) is 4.02. The van der Waals surface area contributed by atoms with Crippen LogP contribution in [-0.2, 0) is 6.54 Å². The van der Waals surface area contributed by atoms with Crippen molar-refractivity contribution in [2.24, 2.45) is 0 Å². The molecule has 8 heteroatoms. The second-order valence-electron chi connectivity index (χ2n) is 5.77. The smallest absolute Gasteiger partial charge is 0.213 e. The van der Waals surface area contributed by atoms with E-state index in [0.29, 0.717) is 41.8 Å². The summed E-state index contributed by atoms with van der Waals surface area (Å²) in [6, 6.07) is 8.58. The first-order valence-electron chi connectivity index (χ1n) is 8.19. The van der Waals surface area contributed by atoms with Gasteiger partial charge >= 0.3 is 0 Å². The van der Waals surface area contributed by atoms with Gasteiger partial charge in [0.05, 0.1) is 18.7 Å². The molecule has 0 aliphatic heterocycles. The first kappa shape index (κ1) is 16.2. The number of benzene rings is 1. The molecule has 26 heavy (non-hydrogen) atoms. The van der Waals surface area contributed by atoms with Gasteiger partial charge in [0.1, 0.15) is 11.2 Å². The molecule has 132 valence electrons. The monoisotopic (exact) mass is 353 g/mol. The average Bonchev–Trinajstić information content (AvgIpc) is 3.21. The lowest BCUT2D eigenvalue weighted by Gasteiger charge is -2.09. The van der Waals surface area contributed by atoms with Crippen molar-refractivity contribution < 1.29 is 13.8 Å². The zero-order valence-corrected chi connectivity index (χ0v) is 14.3. The van der Waals surface area contributed by atoms with Crippen LogP contribution in [-0.4, -0.2) is 31.5 Å². The standard InChI is InChI=1S/C18H16FN5O2/c1-3-25-15-8-7-12(9-20-15)10-24-14-6-4-5-13(19)17(14)21-18(24)16-11(2)22-26-23-16/h4-9H,3,10H2,1-2H3. The van der Waals surface area contributed by atoms with Crippen molar-refractivity contribution >= 4 is 11.0 Å². The molecule has 0 spiro atoms. The van der Waals surface area contributed by atoms with E-state index in [9.17, 15) is 4.39 Å². The molecule has 0 atom stereocenters. The summed E-state index contributed by atoms with van der Waals surface area (Å²) >= 11 is 0. The third-order valence-corrected chi connectivity index (χ3v) is 4.02. The Balaban J connectivity index is 1.82. The van der Waals surface area contributed by atoms with Gasteiger partial charge in [-0.05, 0) is 36.7 Å². The van der Waals surface area contributed by atoms with Gasteiger partial charge in [-0.25, -0.2) is 19.0 Å². The van der Waals surface area contributed by atoms with Gasteiger partial charge in [0.15, 0.2) is 17.3 Å². The number of pyridine rings is 1. The van der Waals surface area contributed by atoms with Crippen molar-refractivity contribution in [3.05, 3.63) is 53.6 Å². The number of aromatic nitrogens is 5. The highest BCUT2D eigenvalue weighted by Gasteiger charge is 2.20. The summed E-state index contributed by atoms with van der Waals surface area (Å²) < 4.78 is 26.3. The van der Waals surface area contributed by atoms with E-state index in [1.54, 1.807) is 25.3 Å². The molecule has 4 aromatic rings. The summed E-state index contributed by atoms with van der Waals surface area (Å²) in [4.78, 5) is 8.72. The van der Waals surface area contributed by atoms with E-state index in [1.807, 2.05) is 23.6 Å². The van der Waals surface area contributed by atoms with Crippen molar-refractivity contribution in [2.45, 2.75) is 20.4 Å². The molecule has 0 aliphatic carbocycles. The lowest BCUT2D eigenvalue weighted by molar-refractivity contribution is 0.305. The van der Waals surface area contributed by atoms with E-state index >= 15 is 0 Å². The SMILES string of the molecule is CCOc1ccc(Cn2c(-c3nonc3C)nc3c(F)cccc32)cn1. The van der Waals surface area contributed by atoms with Crippen molar-refractivity contribution in [1.82, 2.24) is 24.8 Å². The Morgan fingerprint density at radius 1 is 1.19 bits per heavy atom. The minimum Gasteiger partial charge on any atom is -0.478 e. The molecule has 3 heterocycles. The second-order valence-corrected chi connectivity index (χ2v) is 5.77. The number of nitrogens with zero attached hydrogens (tertiary/aromatic N) is 5. The van der Waals surface area contributed by atoms with Crippen molar-refractivity contribution in [3.63, 3.8) is 0 Å². The van der Waals surface area contributed by atoms with Crippen LogP contribution in [0.15, 0.2) is 41.2 Å². The van der Waals surface area contributed by atoms with Gasteiger partial charge in [-0.2, -0.15) is 0 Å². The van der Waals surface area contributed by atoms with Gasteiger partial charge in [0.25, 0.3) is 0 Å². The summed E-state index contributed by atoms with van der Waals surface area (Å²) in [5.74, 6) is 0.675. The minimum absolute atomic E-state index is 0.281. The predicted octanol–water partition coefficient (Wildman–Crippen LogP) is 3.38. The number of imidazole rings is 1. The Morgan fingerprint density at radius 2 is 2.08 bits per heavy atom. The van der Waals surface area contributed by atoms with Crippen LogP contribution in [0.2, 0.25) is 0 Å². The zero-order chi connectivity index (χ0) is 18.1. The number of rotatable bonds is 5. The number of halogens is 1. The van der Waals surface area contributed by atoms with Crippen molar-refractivity contribution in [3.8, 4) is 17.4 Å².